The summed E-state index contributed by atoms with van der Waals surface area (Å²) in [5.41, 5.74) is 1.34. The smallest absolute Gasteiger partial charge is 0.254 e. The molecule has 0 aliphatic carbocycles. The molecule has 0 saturated heterocycles. The summed E-state index contributed by atoms with van der Waals surface area (Å²) in [4.78, 5) is 22.5. The third-order valence-electron chi connectivity index (χ3n) is 6.12. The number of amides is 1. The van der Waals surface area contributed by atoms with Crippen LogP contribution >= 0.6 is 0 Å². The monoisotopic (exact) mass is 468 g/mol. The zero-order valence-corrected chi connectivity index (χ0v) is 19.8. The lowest BCUT2D eigenvalue weighted by Gasteiger charge is -2.20. The van der Waals surface area contributed by atoms with Gasteiger partial charge in [0.25, 0.3) is 5.91 Å². The largest absolute Gasteiger partial charge is 0.363 e. The molecule has 0 radical (unpaired) electrons. The van der Waals surface area contributed by atoms with Gasteiger partial charge in [0.1, 0.15) is 23.3 Å². The Labute approximate surface area is 197 Å². The first kappa shape index (κ1) is 23.7. The van der Waals surface area contributed by atoms with Gasteiger partial charge in [0, 0.05) is 51.7 Å². The molecule has 3 heterocycles. The molecule has 34 heavy (non-hydrogen) atoms. The first-order chi connectivity index (χ1) is 16.0. The van der Waals surface area contributed by atoms with Crippen LogP contribution in [0.25, 0.3) is 11.1 Å². The van der Waals surface area contributed by atoms with Crippen molar-refractivity contribution in [3.63, 3.8) is 0 Å². The molecule has 0 saturated carbocycles. The molecule has 0 fully saturated rings. The van der Waals surface area contributed by atoms with E-state index in [2.05, 4.69) is 15.3 Å². The summed E-state index contributed by atoms with van der Waals surface area (Å²) in [7, 11) is 0. The van der Waals surface area contributed by atoms with E-state index in [1.165, 1.54) is 12.3 Å². The van der Waals surface area contributed by atoms with Gasteiger partial charge in [0.15, 0.2) is 0 Å². The molecular weight excluding hydrogens is 441 g/mol. The molecule has 1 unspecified atom stereocenters. The Morgan fingerprint density at radius 1 is 1.03 bits per heavy atom. The molecule has 1 aliphatic rings. The van der Waals surface area contributed by atoms with Gasteiger partial charge in [-0.15, -0.1) is 0 Å². The first-order valence-corrected chi connectivity index (χ1v) is 11.2. The summed E-state index contributed by atoms with van der Waals surface area (Å²) in [6, 6.07) is 4.56. The highest BCUT2D eigenvalue weighted by Crippen LogP contribution is 2.34. The first-order valence-electron chi connectivity index (χ1n) is 11.2. The number of hydrogen-bond acceptors (Lipinski definition) is 4. The standard InChI is InChI=1S/C26H27F3N4O/c1-6-33-13-19-15(25(33)34)7-8-30-24(19)32-14(2)16-9-21(28)17(10-20(16)27)18-11-23(26(3,4)5)31-12-22(18)29/h7-12,14H,6,13H2,1-5H3,(H,30,32). The van der Waals surface area contributed by atoms with Crippen molar-refractivity contribution in [2.24, 2.45) is 0 Å². The van der Waals surface area contributed by atoms with Crippen LogP contribution in [0.2, 0.25) is 0 Å². The molecule has 0 spiro atoms. The van der Waals surface area contributed by atoms with Gasteiger partial charge in [0.05, 0.1) is 18.8 Å². The summed E-state index contributed by atoms with van der Waals surface area (Å²) in [6.07, 6.45) is 2.55. The Balaban J connectivity index is 1.67. The van der Waals surface area contributed by atoms with Gasteiger partial charge in [0.2, 0.25) is 0 Å². The van der Waals surface area contributed by atoms with Crippen molar-refractivity contribution in [2.45, 2.75) is 52.6 Å². The number of carbonyl (C=O) groups excluding carboxylic acids is 1. The normalized spacial score (nSPS) is 14.4. The van der Waals surface area contributed by atoms with E-state index in [9.17, 15) is 9.18 Å². The number of nitrogens with one attached hydrogen (secondary N) is 1. The minimum atomic E-state index is -0.742. The molecule has 178 valence electrons. The van der Waals surface area contributed by atoms with Crippen molar-refractivity contribution >= 4 is 11.7 Å². The number of halogens is 3. The Hall–Kier alpha value is -3.42. The van der Waals surface area contributed by atoms with Gasteiger partial charge >= 0.3 is 0 Å². The van der Waals surface area contributed by atoms with Gasteiger partial charge in [-0.1, -0.05) is 20.8 Å². The van der Waals surface area contributed by atoms with Crippen molar-refractivity contribution in [2.75, 3.05) is 11.9 Å². The molecule has 8 heteroatoms. The van der Waals surface area contributed by atoms with Gasteiger partial charge in [-0.05, 0) is 38.1 Å². The number of benzene rings is 1. The van der Waals surface area contributed by atoms with E-state index in [0.717, 1.165) is 23.9 Å². The molecule has 0 bridgehead atoms. The van der Waals surface area contributed by atoms with Crippen molar-refractivity contribution in [3.05, 3.63) is 76.5 Å². The van der Waals surface area contributed by atoms with Crippen LogP contribution in [0.1, 0.15) is 67.8 Å². The lowest BCUT2D eigenvalue weighted by Crippen LogP contribution is -2.22. The fourth-order valence-electron chi connectivity index (χ4n) is 4.10. The average Bonchev–Trinajstić information content (AvgIpc) is 3.11. The molecular formula is C26H27F3N4O. The van der Waals surface area contributed by atoms with E-state index in [-0.39, 0.29) is 28.0 Å². The Morgan fingerprint density at radius 3 is 2.41 bits per heavy atom. The van der Waals surface area contributed by atoms with Crippen molar-refractivity contribution in [1.82, 2.24) is 14.9 Å². The van der Waals surface area contributed by atoms with Crippen LogP contribution < -0.4 is 5.32 Å². The lowest BCUT2D eigenvalue weighted by molar-refractivity contribution is 0.0787. The third-order valence-corrected chi connectivity index (χ3v) is 6.12. The number of hydrogen-bond donors (Lipinski definition) is 1. The molecule has 1 atom stereocenters. The molecule has 3 aromatic rings. The zero-order valence-electron chi connectivity index (χ0n) is 19.8. The van der Waals surface area contributed by atoms with E-state index >= 15 is 8.78 Å². The summed E-state index contributed by atoms with van der Waals surface area (Å²) in [6.45, 7) is 10.3. The van der Waals surface area contributed by atoms with E-state index < -0.39 is 23.5 Å². The van der Waals surface area contributed by atoms with Gasteiger partial charge < -0.3 is 10.2 Å². The van der Waals surface area contributed by atoms with Crippen LogP contribution in [-0.4, -0.2) is 27.3 Å². The number of nitrogens with zero attached hydrogens (tertiary/aromatic N) is 3. The maximum Gasteiger partial charge on any atom is 0.254 e. The average molecular weight is 469 g/mol. The van der Waals surface area contributed by atoms with E-state index in [1.54, 1.807) is 17.9 Å². The lowest BCUT2D eigenvalue weighted by atomic mass is 9.89. The predicted molar refractivity (Wildman–Crippen MR) is 125 cm³/mol. The summed E-state index contributed by atoms with van der Waals surface area (Å²) in [5, 5.41) is 3.11. The van der Waals surface area contributed by atoms with Crippen LogP contribution in [0, 0.1) is 17.5 Å². The van der Waals surface area contributed by atoms with Crippen LogP contribution in [0.3, 0.4) is 0 Å². The Morgan fingerprint density at radius 2 is 1.74 bits per heavy atom. The molecule has 1 aliphatic heterocycles. The molecule has 1 aromatic carbocycles. The highest BCUT2D eigenvalue weighted by atomic mass is 19.1. The molecule has 1 N–H and O–H groups in total. The summed E-state index contributed by atoms with van der Waals surface area (Å²) < 4.78 is 44.8. The minimum absolute atomic E-state index is 0.0378. The second-order valence-corrected chi connectivity index (χ2v) is 9.52. The SMILES string of the molecule is CCN1Cc2c(ccnc2NC(C)c2cc(F)c(-c3cc(C(C)(C)C)ncc3F)cc2F)C1=O. The van der Waals surface area contributed by atoms with Crippen LogP contribution in [0.5, 0.6) is 0 Å². The van der Waals surface area contributed by atoms with Crippen LogP contribution in [0.4, 0.5) is 19.0 Å². The number of anilines is 1. The van der Waals surface area contributed by atoms with Crippen LogP contribution in [0.15, 0.2) is 36.7 Å². The van der Waals surface area contributed by atoms with Crippen molar-refractivity contribution < 1.29 is 18.0 Å². The topological polar surface area (TPSA) is 58.1 Å². The zero-order chi connectivity index (χ0) is 24.8. The Bertz CT molecular complexity index is 1270. The number of pyridine rings is 2. The third kappa shape index (κ3) is 4.24. The van der Waals surface area contributed by atoms with Gasteiger partial charge in [-0.25, -0.2) is 18.2 Å². The maximum atomic E-state index is 15.2. The number of carbonyl (C=O) groups is 1. The van der Waals surface area contributed by atoms with Crippen molar-refractivity contribution in [1.29, 1.82) is 0 Å². The molecule has 4 rings (SSSR count). The highest BCUT2D eigenvalue weighted by Gasteiger charge is 2.30. The number of rotatable bonds is 5. The molecule has 5 nitrogen and oxygen atoms in total. The molecule has 1 amide bonds. The van der Waals surface area contributed by atoms with E-state index in [0.29, 0.717) is 30.2 Å². The van der Waals surface area contributed by atoms with Crippen LogP contribution in [-0.2, 0) is 12.0 Å². The number of fused-ring (bicyclic) bond motifs is 1. The molecule has 2 aromatic heterocycles. The van der Waals surface area contributed by atoms with Crippen molar-refractivity contribution in [3.8, 4) is 11.1 Å². The second-order valence-electron chi connectivity index (χ2n) is 9.52. The summed E-state index contributed by atoms with van der Waals surface area (Å²) >= 11 is 0. The van der Waals surface area contributed by atoms with Gasteiger partial charge in [-0.2, -0.15) is 0 Å². The number of aromatic nitrogens is 2. The van der Waals surface area contributed by atoms with Gasteiger partial charge in [-0.3, -0.25) is 9.78 Å². The quantitative estimate of drug-likeness (QED) is 0.498. The maximum absolute atomic E-state index is 15.2. The van der Waals surface area contributed by atoms with E-state index in [4.69, 9.17) is 0 Å². The highest BCUT2D eigenvalue weighted by molar-refractivity contribution is 5.99. The minimum Gasteiger partial charge on any atom is -0.363 e. The van der Waals surface area contributed by atoms with E-state index in [1.807, 2.05) is 27.7 Å². The fraction of sp³-hybridized carbons (Fsp3) is 0.346. The second kappa shape index (κ2) is 8.74. The predicted octanol–water partition coefficient (Wildman–Crippen LogP) is 6.01. The Kier molecular flexibility index (Phi) is 6.10. The summed E-state index contributed by atoms with van der Waals surface area (Å²) in [5.74, 6) is -1.77. The fourth-order valence-corrected chi connectivity index (χ4v) is 4.10.